The highest BCUT2D eigenvalue weighted by atomic mass is 16.5. The molecule has 0 saturated heterocycles. The van der Waals surface area contributed by atoms with Crippen molar-refractivity contribution in [3.05, 3.63) is 5.89 Å². The van der Waals surface area contributed by atoms with E-state index in [0.29, 0.717) is 18.3 Å². The van der Waals surface area contributed by atoms with E-state index in [1.807, 2.05) is 21.0 Å². The van der Waals surface area contributed by atoms with Crippen LogP contribution >= 0.6 is 0 Å². The van der Waals surface area contributed by atoms with Crippen LogP contribution in [-0.2, 0) is 6.42 Å². The van der Waals surface area contributed by atoms with Crippen molar-refractivity contribution in [2.24, 2.45) is 5.92 Å². The second-order valence-electron chi connectivity index (χ2n) is 3.12. The summed E-state index contributed by atoms with van der Waals surface area (Å²) in [5.74, 6) is 0.966. The highest BCUT2D eigenvalue weighted by Gasteiger charge is 2.10. The van der Waals surface area contributed by atoms with Crippen molar-refractivity contribution >= 4 is 5.95 Å². The van der Waals surface area contributed by atoms with Gasteiger partial charge in [0, 0.05) is 20.5 Å². The molecule has 1 rings (SSSR count). The first kappa shape index (κ1) is 9.52. The molecule has 0 aliphatic rings. The van der Waals surface area contributed by atoms with E-state index in [-0.39, 0.29) is 5.92 Å². The number of hydrogen-bond donors (Lipinski definition) is 0. The maximum Gasteiger partial charge on any atom is 0.265 e. The topological polar surface area (TPSA) is 66.0 Å². The first-order chi connectivity index (χ1) is 6.13. The standard InChI is InChI=1S/C8H12N4O/c1-6(5-9)4-7-10-8(11-13-7)12(2)3/h6H,4H2,1-3H3. The minimum Gasteiger partial charge on any atom is -0.344 e. The van der Waals surface area contributed by atoms with Gasteiger partial charge in [0.1, 0.15) is 0 Å². The number of aromatic nitrogens is 2. The lowest BCUT2D eigenvalue weighted by atomic mass is 10.1. The molecule has 70 valence electrons. The Morgan fingerprint density at radius 2 is 2.31 bits per heavy atom. The van der Waals surface area contributed by atoms with Crippen LogP contribution in [0.15, 0.2) is 4.52 Å². The van der Waals surface area contributed by atoms with Crippen LogP contribution in [0, 0.1) is 17.2 Å². The van der Waals surface area contributed by atoms with E-state index in [4.69, 9.17) is 9.78 Å². The number of hydrogen-bond acceptors (Lipinski definition) is 5. The molecule has 1 atom stereocenters. The zero-order valence-corrected chi connectivity index (χ0v) is 7.98. The number of nitriles is 1. The Labute approximate surface area is 77.0 Å². The average molecular weight is 180 g/mol. The lowest BCUT2D eigenvalue weighted by Gasteiger charge is -2.02. The molecule has 0 aromatic carbocycles. The van der Waals surface area contributed by atoms with E-state index >= 15 is 0 Å². The van der Waals surface area contributed by atoms with E-state index in [0.717, 1.165) is 0 Å². The Hall–Kier alpha value is -1.57. The van der Waals surface area contributed by atoms with Crippen molar-refractivity contribution in [3.8, 4) is 6.07 Å². The van der Waals surface area contributed by atoms with Gasteiger partial charge in [-0.3, -0.25) is 0 Å². The molecule has 5 nitrogen and oxygen atoms in total. The fourth-order valence-corrected chi connectivity index (χ4v) is 0.818. The van der Waals surface area contributed by atoms with Crippen molar-refractivity contribution in [3.63, 3.8) is 0 Å². The Bertz CT molecular complexity index is 312. The Balaban J connectivity index is 2.65. The molecule has 13 heavy (non-hydrogen) atoms. The summed E-state index contributed by atoms with van der Waals surface area (Å²) in [4.78, 5) is 5.85. The van der Waals surface area contributed by atoms with Crippen LogP contribution in [0.2, 0.25) is 0 Å². The van der Waals surface area contributed by atoms with E-state index in [9.17, 15) is 0 Å². The van der Waals surface area contributed by atoms with Gasteiger partial charge in [-0.1, -0.05) is 0 Å². The number of anilines is 1. The van der Waals surface area contributed by atoms with Gasteiger partial charge in [0.15, 0.2) is 0 Å². The van der Waals surface area contributed by atoms with Gasteiger partial charge in [-0.05, 0) is 12.1 Å². The summed E-state index contributed by atoms with van der Waals surface area (Å²) in [6.07, 6.45) is 0.511. The Kier molecular flexibility index (Phi) is 2.85. The van der Waals surface area contributed by atoms with Crippen LogP contribution in [0.3, 0.4) is 0 Å². The average Bonchev–Trinajstić information content (AvgIpc) is 2.52. The summed E-state index contributed by atoms with van der Waals surface area (Å²) in [6, 6.07) is 2.11. The summed E-state index contributed by atoms with van der Waals surface area (Å²) in [5, 5.41) is 12.3. The highest BCUT2D eigenvalue weighted by Crippen LogP contribution is 2.09. The van der Waals surface area contributed by atoms with Gasteiger partial charge >= 0.3 is 0 Å². The predicted octanol–water partition coefficient (Wildman–Crippen LogP) is 0.838. The van der Waals surface area contributed by atoms with Crippen LogP contribution in [-0.4, -0.2) is 24.2 Å². The molecule has 0 bridgehead atoms. The normalized spacial score (nSPS) is 12.2. The molecule has 0 aliphatic heterocycles. The molecule has 1 unspecified atom stereocenters. The lowest BCUT2D eigenvalue weighted by Crippen LogP contribution is -2.10. The van der Waals surface area contributed by atoms with Gasteiger partial charge in [0.2, 0.25) is 5.89 Å². The molecule has 0 saturated carbocycles. The van der Waals surface area contributed by atoms with Gasteiger partial charge < -0.3 is 9.42 Å². The van der Waals surface area contributed by atoms with Gasteiger partial charge in [-0.25, -0.2) is 0 Å². The lowest BCUT2D eigenvalue weighted by molar-refractivity contribution is 0.369. The number of rotatable bonds is 3. The molecule has 0 N–H and O–H groups in total. The molecule has 0 fully saturated rings. The Morgan fingerprint density at radius 1 is 1.62 bits per heavy atom. The predicted molar refractivity (Wildman–Crippen MR) is 47.1 cm³/mol. The smallest absolute Gasteiger partial charge is 0.265 e. The first-order valence-corrected chi connectivity index (χ1v) is 4.03. The Morgan fingerprint density at radius 3 is 2.77 bits per heavy atom. The molecule has 5 heteroatoms. The van der Waals surface area contributed by atoms with Gasteiger partial charge in [0.05, 0.1) is 12.0 Å². The van der Waals surface area contributed by atoms with Crippen LogP contribution < -0.4 is 4.90 Å². The van der Waals surface area contributed by atoms with Crippen LogP contribution in [0.4, 0.5) is 5.95 Å². The second kappa shape index (κ2) is 3.90. The minimum absolute atomic E-state index is 0.0875. The molecule has 1 heterocycles. The first-order valence-electron chi connectivity index (χ1n) is 4.03. The van der Waals surface area contributed by atoms with E-state index in [1.54, 1.807) is 4.90 Å². The third-order valence-corrected chi connectivity index (χ3v) is 1.56. The van der Waals surface area contributed by atoms with Crippen molar-refractivity contribution in [2.75, 3.05) is 19.0 Å². The van der Waals surface area contributed by atoms with Crippen molar-refractivity contribution in [1.29, 1.82) is 5.26 Å². The zero-order valence-electron chi connectivity index (χ0n) is 7.98. The molecule has 0 aliphatic carbocycles. The van der Waals surface area contributed by atoms with E-state index in [1.165, 1.54) is 0 Å². The summed E-state index contributed by atoms with van der Waals surface area (Å²) in [6.45, 7) is 1.82. The molecular weight excluding hydrogens is 168 g/mol. The third kappa shape index (κ3) is 2.44. The molecule has 0 spiro atoms. The maximum absolute atomic E-state index is 8.56. The summed E-state index contributed by atoms with van der Waals surface area (Å²) in [7, 11) is 3.67. The SMILES string of the molecule is CC(C#N)Cc1nc(N(C)C)no1. The van der Waals surface area contributed by atoms with E-state index in [2.05, 4.69) is 16.2 Å². The molecule has 0 amide bonds. The van der Waals surface area contributed by atoms with Crippen LogP contribution in [0.1, 0.15) is 12.8 Å². The summed E-state index contributed by atoms with van der Waals surface area (Å²) < 4.78 is 4.94. The highest BCUT2D eigenvalue weighted by molar-refractivity contribution is 5.23. The second-order valence-corrected chi connectivity index (χ2v) is 3.12. The summed E-state index contributed by atoms with van der Waals surface area (Å²) in [5.41, 5.74) is 0. The fourth-order valence-electron chi connectivity index (χ4n) is 0.818. The van der Waals surface area contributed by atoms with Gasteiger partial charge in [-0.15, -0.1) is 0 Å². The third-order valence-electron chi connectivity index (χ3n) is 1.56. The summed E-state index contributed by atoms with van der Waals surface area (Å²) >= 11 is 0. The maximum atomic E-state index is 8.56. The van der Waals surface area contributed by atoms with Crippen LogP contribution in [0.5, 0.6) is 0 Å². The molecule has 1 aromatic rings. The van der Waals surface area contributed by atoms with Gasteiger partial charge in [0.25, 0.3) is 5.95 Å². The van der Waals surface area contributed by atoms with E-state index < -0.39 is 0 Å². The zero-order chi connectivity index (χ0) is 9.84. The fraction of sp³-hybridized carbons (Fsp3) is 0.625. The monoisotopic (exact) mass is 180 g/mol. The quantitative estimate of drug-likeness (QED) is 0.689. The molecule has 0 radical (unpaired) electrons. The largest absolute Gasteiger partial charge is 0.344 e. The van der Waals surface area contributed by atoms with Crippen molar-refractivity contribution in [1.82, 2.24) is 10.1 Å². The minimum atomic E-state index is -0.0875. The molecular formula is C8H12N4O. The molecule has 1 aromatic heterocycles. The van der Waals surface area contributed by atoms with Crippen molar-refractivity contribution < 1.29 is 4.52 Å². The van der Waals surface area contributed by atoms with Crippen molar-refractivity contribution in [2.45, 2.75) is 13.3 Å². The van der Waals surface area contributed by atoms with Crippen LogP contribution in [0.25, 0.3) is 0 Å². The number of nitrogens with zero attached hydrogens (tertiary/aromatic N) is 4. The van der Waals surface area contributed by atoms with Gasteiger partial charge in [-0.2, -0.15) is 10.2 Å².